The van der Waals surface area contributed by atoms with Crippen molar-refractivity contribution in [3.8, 4) is 28.3 Å². The monoisotopic (exact) mass is 324 g/mol. The number of pyridine rings is 2. The van der Waals surface area contributed by atoms with E-state index in [0.717, 1.165) is 33.3 Å². The number of nitrogens with zero attached hydrogens (tertiary/aromatic N) is 2. The van der Waals surface area contributed by atoms with E-state index < -0.39 is 0 Å². The highest BCUT2D eigenvalue weighted by Gasteiger charge is 2.13. The molecule has 0 saturated heterocycles. The van der Waals surface area contributed by atoms with Crippen molar-refractivity contribution in [2.45, 2.75) is 0 Å². The molecule has 0 saturated carbocycles. The number of benzene rings is 2. The summed E-state index contributed by atoms with van der Waals surface area (Å²) in [5.41, 5.74) is 6.37. The highest BCUT2D eigenvalue weighted by atomic mass is 16.5. The highest BCUT2D eigenvalue weighted by molar-refractivity contribution is 6.32. The predicted molar refractivity (Wildman–Crippen MR) is 105 cm³/mol. The molecule has 0 aliphatic rings. The van der Waals surface area contributed by atoms with Crippen molar-refractivity contribution in [1.82, 2.24) is 9.97 Å². The minimum Gasteiger partial charge on any atom is -0.481 e. The first-order chi connectivity index (χ1) is 12.3. The summed E-state index contributed by atoms with van der Waals surface area (Å²) in [7, 11) is 3.73. The Morgan fingerprint density at radius 3 is 2.36 bits per heavy atom. The van der Waals surface area contributed by atoms with E-state index >= 15 is 0 Å². The lowest BCUT2D eigenvalue weighted by molar-refractivity contribution is 0.403. The van der Waals surface area contributed by atoms with Crippen molar-refractivity contribution in [3.63, 3.8) is 0 Å². The Labute approximate surface area is 147 Å². The molecule has 2 heterocycles. The smallest absolute Gasteiger partial charge is 0.222 e. The zero-order valence-electron chi connectivity index (χ0n) is 14.2. The molecule has 120 valence electrons. The third kappa shape index (κ3) is 2.87. The molecular weight excluding hydrogens is 307 g/mol. The standard InChI is InChI=1S/C21H17BN2O/c1-25-21-18-13-17(14-5-3-2-4-6-14)20(24-19(18)11-12-23-21)15-7-9-16(22)10-8-15/h2-13H,22H2,1H3. The largest absolute Gasteiger partial charge is 0.481 e. The zero-order chi connectivity index (χ0) is 17.2. The number of rotatable bonds is 3. The molecule has 2 aromatic carbocycles. The Kier molecular flexibility index (Phi) is 3.94. The third-order valence-electron chi connectivity index (χ3n) is 4.31. The van der Waals surface area contributed by atoms with Crippen LogP contribution >= 0.6 is 0 Å². The average Bonchev–Trinajstić information content (AvgIpc) is 2.68. The average molecular weight is 324 g/mol. The van der Waals surface area contributed by atoms with E-state index in [-0.39, 0.29) is 0 Å². The molecule has 3 nitrogen and oxygen atoms in total. The van der Waals surface area contributed by atoms with Gasteiger partial charge in [0.25, 0.3) is 0 Å². The second kappa shape index (κ2) is 6.40. The van der Waals surface area contributed by atoms with Crippen LogP contribution in [0.1, 0.15) is 0 Å². The molecule has 0 radical (unpaired) electrons. The van der Waals surface area contributed by atoms with Gasteiger partial charge in [-0.05, 0) is 17.7 Å². The van der Waals surface area contributed by atoms with Crippen LogP contribution in [0.5, 0.6) is 5.88 Å². The van der Waals surface area contributed by atoms with Crippen LogP contribution in [-0.4, -0.2) is 24.9 Å². The predicted octanol–water partition coefficient (Wildman–Crippen LogP) is 3.23. The molecule has 0 amide bonds. The summed E-state index contributed by atoms with van der Waals surface area (Å²) in [6.07, 6.45) is 1.73. The first-order valence-corrected chi connectivity index (χ1v) is 8.22. The first-order valence-electron chi connectivity index (χ1n) is 8.22. The number of ether oxygens (including phenoxy) is 1. The molecule has 0 bridgehead atoms. The lowest BCUT2D eigenvalue weighted by Gasteiger charge is -2.13. The molecule has 4 aromatic rings. The van der Waals surface area contributed by atoms with Crippen LogP contribution in [-0.2, 0) is 0 Å². The van der Waals surface area contributed by atoms with Crippen LogP contribution in [0.3, 0.4) is 0 Å². The molecule has 0 aliphatic carbocycles. The van der Waals surface area contributed by atoms with Gasteiger partial charge in [0, 0.05) is 17.3 Å². The molecule has 0 unspecified atom stereocenters. The van der Waals surface area contributed by atoms with Crippen molar-refractivity contribution < 1.29 is 4.74 Å². The topological polar surface area (TPSA) is 35.0 Å². The lowest BCUT2D eigenvalue weighted by atomic mass is 9.92. The molecular formula is C21H17BN2O. The maximum absolute atomic E-state index is 5.43. The van der Waals surface area contributed by atoms with Crippen LogP contribution in [0.15, 0.2) is 72.9 Å². The minimum absolute atomic E-state index is 0.595. The molecule has 2 aromatic heterocycles. The summed E-state index contributed by atoms with van der Waals surface area (Å²) < 4.78 is 5.43. The quantitative estimate of drug-likeness (QED) is 0.543. The number of fused-ring (bicyclic) bond motifs is 1. The Hall–Kier alpha value is -3.14. The summed E-state index contributed by atoms with van der Waals surface area (Å²) in [5.74, 6) is 0.595. The zero-order valence-corrected chi connectivity index (χ0v) is 14.2. The molecule has 0 aliphatic heterocycles. The first kappa shape index (κ1) is 15.4. The number of hydrogen-bond acceptors (Lipinski definition) is 3. The van der Waals surface area contributed by atoms with Crippen molar-refractivity contribution in [1.29, 1.82) is 0 Å². The van der Waals surface area contributed by atoms with Crippen LogP contribution < -0.4 is 10.2 Å². The maximum Gasteiger partial charge on any atom is 0.222 e. The van der Waals surface area contributed by atoms with E-state index in [0.29, 0.717) is 5.88 Å². The highest BCUT2D eigenvalue weighted by Crippen LogP contribution is 2.35. The normalized spacial score (nSPS) is 10.8. The fourth-order valence-electron chi connectivity index (χ4n) is 3.00. The summed E-state index contributed by atoms with van der Waals surface area (Å²) >= 11 is 0. The molecule has 0 spiro atoms. The molecule has 4 heteroatoms. The van der Waals surface area contributed by atoms with Crippen LogP contribution in [0.25, 0.3) is 33.3 Å². The lowest BCUT2D eigenvalue weighted by Crippen LogP contribution is -2.00. The molecule has 0 atom stereocenters. The Morgan fingerprint density at radius 1 is 0.880 bits per heavy atom. The van der Waals surface area contributed by atoms with Gasteiger partial charge >= 0.3 is 0 Å². The van der Waals surface area contributed by atoms with Crippen molar-refractivity contribution in [2.24, 2.45) is 0 Å². The van der Waals surface area contributed by atoms with Gasteiger partial charge in [-0.2, -0.15) is 0 Å². The Bertz CT molecular complexity index is 1030. The maximum atomic E-state index is 5.43. The second-order valence-electron chi connectivity index (χ2n) is 6.00. The van der Waals surface area contributed by atoms with Crippen molar-refractivity contribution in [2.75, 3.05) is 7.11 Å². The number of aromatic nitrogens is 2. The van der Waals surface area contributed by atoms with Gasteiger partial charge in [0.05, 0.1) is 23.7 Å². The number of methoxy groups -OCH3 is 1. The summed E-state index contributed by atoms with van der Waals surface area (Å²) in [4.78, 5) is 9.25. The van der Waals surface area contributed by atoms with E-state index in [2.05, 4.69) is 55.3 Å². The van der Waals surface area contributed by atoms with Crippen molar-refractivity contribution in [3.05, 3.63) is 72.9 Å². The Morgan fingerprint density at radius 2 is 1.64 bits per heavy atom. The van der Waals surface area contributed by atoms with Gasteiger partial charge in [-0.25, -0.2) is 9.97 Å². The SMILES string of the molecule is Bc1ccc(-c2nc3ccnc(OC)c3cc2-c2ccccc2)cc1. The van der Waals surface area contributed by atoms with E-state index in [1.807, 2.05) is 24.3 Å². The van der Waals surface area contributed by atoms with Gasteiger partial charge < -0.3 is 4.74 Å². The third-order valence-corrected chi connectivity index (χ3v) is 4.31. The van der Waals surface area contributed by atoms with Crippen LogP contribution in [0.4, 0.5) is 0 Å². The van der Waals surface area contributed by atoms with E-state index in [4.69, 9.17) is 9.72 Å². The summed E-state index contributed by atoms with van der Waals surface area (Å²) in [5, 5.41) is 0.916. The van der Waals surface area contributed by atoms with Gasteiger partial charge in [0.15, 0.2) is 0 Å². The molecule has 0 fully saturated rings. The van der Waals surface area contributed by atoms with E-state index in [1.54, 1.807) is 13.3 Å². The fraction of sp³-hybridized carbons (Fsp3) is 0.0476. The molecule has 0 N–H and O–H groups in total. The van der Waals surface area contributed by atoms with Gasteiger partial charge in [-0.15, -0.1) is 0 Å². The second-order valence-corrected chi connectivity index (χ2v) is 6.00. The number of hydrogen-bond donors (Lipinski definition) is 0. The molecule has 4 rings (SSSR count). The van der Waals surface area contributed by atoms with Gasteiger partial charge in [-0.1, -0.05) is 60.1 Å². The molecule has 25 heavy (non-hydrogen) atoms. The summed E-state index contributed by atoms with van der Waals surface area (Å²) in [6, 6.07) is 22.8. The van der Waals surface area contributed by atoms with Crippen molar-refractivity contribution >= 4 is 24.2 Å². The van der Waals surface area contributed by atoms with E-state index in [9.17, 15) is 0 Å². The Balaban J connectivity index is 2.04. The fourth-order valence-corrected chi connectivity index (χ4v) is 3.00. The van der Waals surface area contributed by atoms with Crippen LogP contribution in [0.2, 0.25) is 0 Å². The summed E-state index contributed by atoms with van der Waals surface area (Å²) in [6.45, 7) is 0. The van der Waals surface area contributed by atoms with E-state index in [1.165, 1.54) is 5.46 Å². The minimum atomic E-state index is 0.595. The van der Waals surface area contributed by atoms with Crippen LogP contribution in [0, 0.1) is 0 Å². The van der Waals surface area contributed by atoms with Gasteiger partial charge in [-0.3, -0.25) is 0 Å². The van der Waals surface area contributed by atoms with Gasteiger partial charge in [0.2, 0.25) is 5.88 Å². The van der Waals surface area contributed by atoms with Gasteiger partial charge in [0.1, 0.15) is 7.85 Å².